The molecule has 2 saturated heterocycles. The minimum atomic E-state index is -1.13. The molecule has 10 heteroatoms. The number of imide groups is 1. The number of para-hydroxylation sites is 1. The number of benzene rings is 1. The molecular formula is C18H18N2O7S. The summed E-state index contributed by atoms with van der Waals surface area (Å²) in [4.78, 5) is 50.5. The number of aliphatic carboxylic acids is 1. The van der Waals surface area contributed by atoms with Crippen LogP contribution in [0.1, 0.15) is 5.56 Å². The standard InChI is InChI=1S/C18H18N2O7S/c21-15(19-5-7-26-8-6-19)10-20-17(24)14(28-18(20)25)9-12-3-1-2-4-13(12)27-11-16(22)23/h1-4,9H,5-8,10-11H2,(H,22,23)/b14-9-. The van der Waals surface area contributed by atoms with Gasteiger partial charge in [-0.3, -0.25) is 19.3 Å². The smallest absolute Gasteiger partial charge is 0.341 e. The zero-order valence-electron chi connectivity index (χ0n) is 14.8. The number of rotatable bonds is 6. The monoisotopic (exact) mass is 406 g/mol. The van der Waals surface area contributed by atoms with E-state index in [4.69, 9.17) is 14.6 Å². The summed E-state index contributed by atoms with van der Waals surface area (Å²) >= 11 is 0.730. The van der Waals surface area contributed by atoms with Gasteiger partial charge in [0.2, 0.25) is 5.91 Å². The maximum Gasteiger partial charge on any atom is 0.341 e. The average molecular weight is 406 g/mol. The van der Waals surface area contributed by atoms with Crippen molar-refractivity contribution in [3.63, 3.8) is 0 Å². The van der Waals surface area contributed by atoms with Crippen LogP contribution in [-0.2, 0) is 19.1 Å². The molecule has 1 aromatic carbocycles. The van der Waals surface area contributed by atoms with Crippen molar-refractivity contribution in [3.05, 3.63) is 34.7 Å². The van der Waals surface area contributed by atoms with Gasteiger partial charge in [-0.25, -0.2) is 4.79 Å². The zero-order chi connectivity index (χ0) is 20.1. The number of carbonyl (C=O) groups excluding carboxylic acids is 3. The third kappa shape index (κ3) is 4.70. The number of morpholine rings is 1. The third-order valence-corrected chi connectivity index (χ3v) is 4.99. The Kier molecular flexibility index (Phi) is 6.32. The van der Waals surface area contributed by atoms with Gasteiger partial charge in [-0.2, -0.15) is 0 Å². The second kappa shape index (κ2) is 8.89. The predicted molar refractivity (Wildman–Crippen MR) is 99.6 cm³/mol. The van der Waals surface area contributed by atoms with E-state index in [-0.39, 0.29) is 23.1 Å². The van der Waals surface area contributed by atoms with E-state index >= 15 is 0 Å². The summed E-state index contributed by atoms with van der Waals surface area (Å²) in [5, 5.41) is 8.23. The molecule has 3 rings (SSSR count). The SMILES string of the molecule is O=C(O)COc1ccccc1/C=C1\SC(=O)N(CC(=O)N2CCOCC2)C1=O. The van der Waals surface area contributed by atoms with E-state index in [0.717, 1.165) is 16.7 Å². The molecule has 0 aliphatic carbocycles. The molecule has 0 spiro atoms. The predicted octanol–water partition coefficient (Wildman–Crippen LogP) is 1.05. The quantitative estimate of drug-likeness (QED) is 0.698. The summed E-state index contributed by atoms with van der Waals surface area (Å²) in [5.74, 6) is -1.72. The van der Waals surface area contributed by atoms with Crippen LogP contribution in [-0.4, -0.2) is 77.4 Å². The highest BCUT2D eigenvalue weighted by Crippen LogP contribution is 2.34. The molecule has 0 aromatic heterocycles. The number of carbonyl (C=O) groups is 4. The molecule has 0 unspecified atom stereocenters. The second-order valence-corrected chi connectivity index (χ2v) is 6.97. The number of carboxylic acids is 1. The van der Waals surface area contributed by atoms with Gasteiger partial charge in [0.15, 0.2) is 6.61 Å². The lowest BCUT2D eigenvalue weighted by atomic mass is 10.2. The molecule has 148 valence electrons. The average Bonchev–Trinajstić information content (AvgIpc) is 2.95. The van der Waals surface area contributed by atoms with E-state index in [0.29, 0.717) is 31.9 Å². The van der Waals surface area contributed by atoms with E-state index in [1.807, 2.05) is 0 Å². The number of carboxylic acid groups (broad SMARTS) is 1. The number of nitrogens with zero attached hydrogens (tertiary/aromatic N) is 2. The Labute approximate surface area is 164 Å². The van der Waals surface area contributed by atoms with Gasteiger partial charge < -0.3 is 19.5 Å². The molecule has 2 aliphatic rings. The van der Waals surface area contributed by atoms with Crippen LogP contribution in [0, 0.1) is 0 Å². The number of hydrogen-bond donors (Lipinski definition) is 1. The van der Waals surface area contributed by atoms with Gasteiger partial charge in [0, 0.05) is 18.7 Å². The Hall–Kier alpha value is -2.85. The lowest BCUT2D eigenvalue weighted by molar-refractivity contribution is -0.139. The van der Waals surface area contributed by atoms with Gasteiger partial charge in [-0.05, 0) is 23.9 Å². The van der Waals surface area contributed by atoms with Gasteiger partial charge in [0.1, 0.15) is 12.3 Å². The van der Waals surface area contributed by atoms with Crippen LogP contribution in [0.3, 0.4) is 0 Å². The molecule has 2 aliphatic heterocycles. The summed E-state index contributed by atoms with van der Waals surface area (Å²) in [6.07, 6.45) is 1.46. The maximum absolute atomic E-state index is 12.6. The Morgan fingerprint density at radius 1 is 1.21 bits per heavy atom. The van der Waals surface area contributed by atoms with Gasteiger partial charge in [-0.1, -0.05) is 18.2 Å². The molecule has 2 heterocycles. The molecule has 3 amide bonds. The summed E-state index contributed by atoms with van der Waals surface area (Å²) in [7, 11) is 0. The number of ether oxygens (including phenoxy) is 2. The molecule has 0 bridgehead atoms. The molecule has 1 N–H and O–H groups in total. The van der Waals surface area contributed by atoms with Crippen molar-refractivity contribution in [1.82, 2.24) is 9.80 Å². The van der Waals surface area contributed by atoms with E-state index < -0.39 is 23.7 Å². The van der Waals surface area contributed by atoms with E-state index in [1.54, 1.807) is 29.2 Å². The highest BCUT2D eigenvalue weighted by molar-refractivity contribution is 8.18. The molecule has 0 saturated carbocycles. The number of hydrogen-bond acceptors (Lipinski definition) is 7. The molecule has 0 radical (unpaired) electrons. The summed E-state index contributed by atoms with van der Waals surface area (Å²) in [6.45, 7) is 0.874. The first-order valence-corrected chi connectivity index (χ1v) is 9.32. The van der Waals surface area contributed by atoms with Gasteiger partial charge in [-0.15, -0.1) is 0 Å². The largest absolute Gasteiger partial charge is 0.481 e. The number of amides is 3. The van der Waals surface area contributed by atoms with Crippen LogP contribution in [0.5, 0.6) is 5.75 Å². The van der Waals surface area contributed by atoms with Gasteiger partial charge in [0.25, 0.3) is 11.1 Å². The normalized spacial score (nSPS) is 18.6. The molecule has 28 heavy (non-hydrogen) atoms. The van der Waals surface area contributed by atoms with Crippen LogP contribution in [0.15, 0.2) is 29.2 Å². The third-order valence-electron chi connectivity index (χ3n) is 4.09. The molecule has 9 nitrogen and oxygen atoms in total. The van der Waals surface area contributed by atoms with Crippen molar-refractivity contribution in [3.8, 4) is 5.75 Å². The van der Waals surface area contributed by atoms with Crippen molar-refractivity contribution in [2.24, 2.45) is 0 Å². The lowest BCUT2D eigenvalue weighted by Crippen LogP contribution is -2.46. The Morgan fingerprint density at radius 3 is 2.64 bits per heavy atom. The Balaban J connectivity index is 1.72. The first kappa shape index (κ1) is 19.9. The minimum Gasteiger partial charge on any atom is -0.481 e. The minimum absolute atomic E-state index is 0.145. The molecular weight excluding hydrogens is 388 g/mol. The second-order valence-electron chi connectivity index (χ2n) is 5.98. The molecule has 2 fully saturated rings. The Bertz CT molecular complexity index is 833. The lowest BCUT2D eigenvalue weighted by Gasteiger charge is -2.28. The van der Waals surface area contributed by atoms with Crippen LogP contribution < -0.4 is 4.74 Å². The van der Waals surface area contributed by atoms with E-state index in [1.165, 1.54) is 6.08 Å². The van der Waals surface area contributed by atoms with Gasteiger partial charge in [0.05, 0.1) is 18.1 Å². The summed E-state index contributed by atoms with van der Waals surface area (Å²) in [5.41, 5.74) is 0.466. The zero-order valence-corrected chi connectivity index (χ0v) is 15.6. The highest BCUT2D eigenvalue weighted by Gasteiger charge is 2.37. The van der Waals surface area contributed by atoms with E-state index in [9.17, 15) is 19.2 Å². The van der Waals surface area contributed by atoms with Crippen LogP contribution in [0.25, 0.3) is 6.08 Å². The Morgan fingerprint density at radius 2 is 1.93 bits per heavy atom. The molecule has 0 atom stereocenters. The summed E-state index contributed by atoms with van der Waals surface area (Å²) in [6, 6.07) is 6.58. The van der Waals surface area contributed by atoms with E-state index in [2.05, 4.69) is 0 Å². The first-order valence-electron chi connectivity index (χ1n) is 8.50. The summed E-state index contributed by atoms with van der Waals surface area (Å²) < 4.78 is 10.4. The van der Waals surface area contributed by atoms with Crippen molar-refractivity contribution >= 4 is 40.9 Å². The fraction of sp³-hybridized carbons (Fsp3) is 0.333. The fourth-order valence-electron chi connectivity index (χ4n) is 2.70. The van der Waals surface area contributed by atoms with Crippen molar-refractivity contribution in [1.29, 1.82) is 0 Å². The topological polar surface area (TPSA) is 113 Å². The van der Waals surface area contributed by atoms with Crippen molar-refractivity contribution < 1.29 is 33.8 Å². The fourth-order valence-corrected chi connectivity index (χ4v) is 3.53. The van der Waals surface area contributed by atoms with Crippen LogP contribution >= 0.6 is 11.8 Å². The van der Waals surface area contributed by atoms with Crippen LogP contribution in [0.4, 0.5) is 4.79 Å². The van der Waals surface area contributed by atoms with Gasteiger partial charge >= 0.3 is 5.97 Å². The number of thioether (sulfide) groups is 1. The maximum atomic E-state index is 12.6. The highest BCUT2D eigenvalue weighted by atomic mass is 32.2. The van der Waals surface area contributed by atoms with Crippen molar-refractivity contribution in [2.75, 3.05) is 39.5 Å². The van der Waals surface area contributed by atoms with Crippen LogP contribution in [0.2, 0.25) is 0 Å². The van der Waals surface area contributed by atoms with Crippen molar-refractivity contribution in [2.45, 2.75) is 0 Å². The molecule has 1 aromatic rings. The first-order chi connectivity index (χ1) is 13.5.